The molecule has 112 valence electrons. The van der Waals surface area contributed by atoms with E-state index in [0.29, 0.717) is 23.2 Å². The normalized spacial score (nSPS) is 23.8. The smallest absolute Gasteiger partial charge is 0.341 e. The molecule has 0 saturated carbocycles. The molecule has 1 aromatic heterocycles. The number of nitrogens with zero attached hydrogens (tertiary/aromatic N) is 1. The third-order valence-corrected chi connectivity index (χ3v) is 4.25. The van der Waals surface area contributed by atoms with Crippen LogP contribution in [0.1, 0.15) is 35.2 Å². The standard InChI is InChI=1S/C15H24N2O3/c1-10-4-5-17(8-12(10)7-16)9-13-6-14(11(2)20-13)15(18)19-3/h6,10,12H,4-5,7-9,16H2,1-3H3. The minimum atomic E-state index is -0.343. The van der Waals surface area contributed by atoms with Crippen molar-refractivity contribution in [3.8, 4) is 0 Å². The van der Waals surface area contributed by atoms with Gasteiger partial charge in [-0.05, 0) is 44.3 Å². The predicted octanol–water partition coefficient (Wildman–Crippen LogP) is 1.79. The zero-order valence-electron chi connectivity index (χ0n) is 12.5. The van der Waals surface area contributed by atoms with E-state index in [2.05, 4.69) is 11.8 Å². The van der Waals surface area contributed by atoms with Crippen molar-refractivity contribution in [1.29, 1.82) is 0 Å². The fourth-order valence-corrected chi connectivity index (χ4v) is 2.83. The van der Waals surface area contributed by atoms with Crippen molar-refractivity contribution in [2.45, 2.75) is 26.8 Å². The summed E-state index contributed by atoms with van der Waals surface area (Å²) in [5.41, 5.74) is 6.34. The molecule has 20 heavy (non-hydrogen) atoms. The average molecular weight is 280 g/mol. The maximum atomic E-state index is 11.6. The predicted molar refractivity (Wildman–Crippen MR) is 76.4 cm³/mol. The zero-order valence-corrected chi connectivity index (χ0v) is 12.5. The number of esters is 1. The van der Waals surface area contributed by atoms with Crippen molar-refractivity contribution in [3.05, 3.63) is 23.2 Å². The number of carbonyl (C=O) groups excluding carboxylic acids is 1. The van der Waals surface area contributed by atoms with Gasteiger partial charge in [-0.15, -0.1) is 0 Å². The summed E-state index contributed by atoms with van der Waals surface area (Å²) < 4.78 is 10.4. The summed E-state index contributed by atoms with van der Waals surface area (Å²) in [5, 5.41) is 0. The number of ether oxygens (including phenoxy) is 1. The second-order valence-corrected chi connectivity index (χ2v) is 5.67. The number of hydrogen-bond donors (Lipinski definition) is 1. The van der Waals surface area contributed by atoms with Crippen molar-refractivity contribution < 1.29 is 13.9 Å². The highest BCUT2D eigenvalue weighted by molar-refractivity contribution is 5.90. The molecule has 0 bridgehead atoms. The van der Waals surface area contributed by atoms with E-state index in [1.54, 1.807) is 13.0 Å². The van der Waals surface area contributed by atoms with Crippen molar-refractivity contribution in [2.75, 3.05) is 26.7 Å². The molecule has 0 spiro atoms. The Bertz CT molecular complexity index is 470. The Morgan fingerprint density at radius 3 is 3.00 bits per heavy atom. The second kappa shape index (κ2) is 6.41. The first-order valence-electron chi connectivity index (χ1n) is 7.15. The first-order valence-corrected chi connectivity index (χ1v) is 7.15. The number of likely N-dealkylation sites (tertiary alicyclic amines) is 1. The molecular formula is C15H24N2O3. The second-order valence-electron chi connectivity index (χ2n) is 5.67. The Balaban J connectivity index is 2.02. The fraction of sp³-hybridized carbons (Fsp3) is 0.667. The maximum absolute atomic E-state index is 11.6. The number of rotatable bonds is 4. The molecule has 1 aromatic rings. The van der Waals surface area contributed by atoms with Gasteiger partial charge in [-0.3, -0.25) is 4.90 Å². The monoisotopic (exact) mass is 280 g/mol. The fourth-order valence-electron chi connectivity index (χ4n) is 2.83. The van der Waals surface area contributed by atoms with Crippen molar-refractivity contribution in [3.63, 3.8) is 0 Å². The van der Waals surface area contributed by atoms with Crippen LogP contribution in [-0.2, 0) is 11.3 Å². The number of aryl methyl sites for hydroxylation is 1. The molecule has 5 nitrogen and oxygen atoms in total. The van der Waals surface area contributed by atoms with Crippen LogP contribution in [-0.4, -0.2) is 37.6 Å². The van der Waals surface area contributed by atoms with E-state index in [0.717, 1.165) is 38.4 Å². The van der Waals surface area contributed by atoms with Gasteiger partial charge >= 0.3 is 5.97 Å². The molecule has 0 radical (unpaired) electrons. The topological polar surface area (TPSA) is 68.7 Å². The summed E-state index contributed by atoms with van der Waals surface area (Å²) in [6.07, 6.45) is 1.16. The first kappa shape index (κ1) is 15.1. The molecule has 0 aliphatic carbocycles. The molecule has 2 atom stereocenters. The number of furan rings is 1. The van der Waals surface area contributed by atoms with Gasteiger partial charge in [0.25, 0.3) is 0 Å². The summed E-state index contributed by atoms with van der Waals surface area (Å²) in [4.78, 5) is 13.9. The van der Waals surface area contributed by atoms with Crippen molar-refractivity contribution in [1.82, 2.24) is 4.90 Å². The van der Waals surface area contributed by atoms with Crippen LogP contribution < -0.4 is 5.73 Å². The molecular weight excluding hydrogens is 256 g/mol. The highest BCUT2D eigenvalue weighted by Crippen LogP contribution is 2.24. The van der Waals surface area contributed by atoms with Crippen molar-refractivity contribution >= 4 is 5.97 Å². The van der Waals surface area contributed by atoms with E-state index >= 15 is 0 Å². The zero-order chi connectivity index (χ0) is 14.7. The van der Waals surface area contributed by atoms with E-state index in [1.807, 2.05) is 0 Å². The number of methoxy groups -OCH3 is 1. The summed E-state index contributed by atoms with van der Waals surface area (Å²) >= 11 is 0. The highest BCUT2D eigenvalue weighted by atomic mass is 16.5. The molecule has 1 fully saturated rings. The van der Waals surface area contributed by atoms with E-state index < -0.39 is 0 Å². The van der Waals surface area contributed by atoms with Gasteiger partial charge in [0.1, 0.15) is 17.1 Å². The highest BCUT2D eigenvalue weighted by Gasteiger charge is 2.26. The molecule has 1 saturated heterocycles. The molecule has 0 amide bonds. The first-order chi connectivity index (χ1) is 9.55. The molecule has 2 rings (SSSR count). The van der Waals surface area contributed by atoms with Crippen LogP contribution in [0.4, 0.5) is 0 Å². The summed E-state index contributed by atoms with van der Waals surface area (Å²) in [5.74, 6) is 2.31. The van der Waals surface area contributed by atoms with Gasteiger partial charge in [0.2, 0.25) is 0 Å². The summed E-state index contributed by atoms with van der Waals surface area (Å²) in [6.45, 7) is 7.54. The van der Waals surface area contributed by atoms with Crippen LogP contribution in [0.25, 0.3) is 0 Å². The van der Waals surface area contributed by atoms with E-state index in [1.165, 1.54) is 7.11 Å². The largest absolute Gasteiger partial charge is 0.465 e. The minimum absolute atomic E-state index is 0.343. The van der Waals surface area contributed by atoms with Gasteiger partial charge in [-0.2, -0.15) is 0 Å². The Morgan fingerprint density at radius 2 is 2.35 bits per heavy atom. The third kappa shape index (κ3) is 3.22. The summed E-state index contributed by atoms with van der Waals surface area (Å²) in [7, 11) is 1.38. The maximum Gasteiger partial charge on any atom is 0.341 e. The average Bonchev–Trinajstić information content (AvgIpc) is 2.80. The molecule has 2 unspecified atom stereocenters. The minimum Gasteiger partial charge on any atom is -0.465 e. The molecule has 5 heteroatoms. The van der Waals surface area contributed by atoms with Crippen molar-refractivity contribution in [2.24, 2.45) is 17.6 Å². The van der Waals surface area contributed by atoms with Gasteiger partial charge in [0.15, 0.2) is 0 Å². The van der Waals surface area contributed by atoms with Gasteiger partial charge in [-0.1, -0.05) is 6.92 Å². The van der Waals surface area contributed by atoms with E-state index in [-0.39, 0.29) is 5.97 Å². The number of hydrogen-bond acceptors (Lipinski definition) is 5. The van der Waals surface area contributed by atoms with Gasteiger partial charge in [0.05, 0.1) is 13.7 Å². The SMILES string of the molecule is COC(=O)c1cc(CN2CCC(C)C(CN)C2)oc1C. The van der Waals surface area contributed by atoms with E-state index in [4.69, 9.17) is 14.9 Å². The third-order valence-electron chi connectivity index (χ3n) is 4.25. The van der Waals surface area contributed by atoms with Gasteiger partial charge < -0.3 is 14.9 Å². The lowest BCUT2D eigenvalue weighted by molar-refractivity contribution is 0.0599. The Kier molecular flexibility index (Phi) is 4.83. The Labute approximate surface area is 120 Å². The molecule has 0 aromatic carbocycles. The lowest BCUT2D eigenvalue weighted by Crippen LogP contribution is -2.42. The number of piperidine rings is 1. The lowest BCUT2D eigenvalue weighted by atomic mass is 9.87. The lowest BCUT2D eigenvalue weighted by Gasteiger charge is -2.36. The van der Waals surface area contributed by atoms with Gasteiger partial charge in [0, 0.05) is 6.54 Å². The quantitative estimate of drug-likeness (QED) is 0.852. The van der Waals surface area contributed by atoms with Crippen LogP contribution in [0.5, 0.6) is 0 Å². The summed E-state index contributed by atoms with van der Waals surface area (Å²) in [6, 6.07) is 1.79. The van der Waals surface area contributed by atoms with Crippen LogP contribution in [0.3, 0.4) is 0 Å². The molecule has 1 aliphatic heterocycles. The van der Waals surface area contributed by atoms with Crippen LogP contribution in [0.2, 0.25) is 0 Å². The number of carbonyl (C=O) groups is 1. The molecule has 1 aliphatic rings. The molecule has 2 N–H and O–H groups in total. The van der Waals surface area contributed by atoms with E-state index in [9.17, 15) is 4.79 Å². The van der Waals surface area contributed by atoms with Crippen LogP contribution in [0.15, 0.2) is 10.5 Å². The Morgan fingerprint density at radius 1 is 1.60 bits per heavy atom. The van der Waals surface area contributed by atoms with Crippen LogP contribution in [0, 0.1) is 18.8 Å². The Hall–Kier alpha value is -1.33. The molecule has 2 heterocycles. The van der Waals surface area contributed by atoms with Crippen LogP contribution >= 0.6 is 0 Å². The van der Waals surface area contributed by atoms with Gasteiger partial charge in [-0.25, -0.2) is 4.79 Å². The number of nitrogens with two attached hydrogens (primary N) is 1.